The van der Waals surface area contributed by atoms with Crippen LogP contribution in [0.25, 0.3) is 0 Å². The Morgan fingerprint density at radius 1 is 1.19 bits per heavy atom. The average molecular weight is 374 g/mol. The second-order valence-corrected chi connectivity index (χ2v) is 7.36. The maximum absolute atomic E-state index is 12.4. The zero-order chi connectivity index (χ0) is 18.4. The highest BCUT2D eigenvalue weighted by Crippen LogP contribution is 2.27. The molecule has 7 heteroatoms. The van der Waals surface area contributed by atoms with Gasteiger partial charge >= 0.3 is 5.97 Å². The van der Waals surface area contributed by atoms with Crippen molar-refractivity contribution in [1.82, 2.24) is 4.98 Å². The van der Waals surface area contributed by atoms with Gasteiger partial charge in [0, 0.05) is 6.20 Å². The number of hydrogen-bond donors (Lipinski definition) is 1. The number of thiophene rings is 1. The molecule has 2 heterocycles. The minimum Gasteiger partial charge on any atom is -0.489 e. The van der Waals surface area contributed by atoms with Gasteiger partial charge < -0.3 is 14.8 Å². The minimum absolute atomic E-state index is 0.327. The summed E-state index contributed by atoms with van der Waals surface area (Å²) in [6.45, 7) is 0.639. The molecule has 3 rings (SSSR count). The Bertz CT molecular complexity index is 768. The molecule has 0 saturated heterocycles. The summed E-state index contributed by atoms with van der Waals surface area (Å²) in [5, 5.41) is 2.77. The zero-order valence-corrected chi connectivity index (χ0v) is 15.5. The Hall–Kier alpha value is -2.41. The average Bonchev–Trinajstić information content (AvgIpc) is 3.18. The topological polar surface area (TPSA) is 77.5 Å². The monoisotopic (exact) mass is 374 g/mol. The van der Waals surface area contributed by atoms with Crippen molar-refractivity contribution in [1.29, 1.82) is 0 Å². The van der Waals surface area contributed by atoms with Crippen LogP contribution in [-0.2, 0) is 4.74 Å². The fourth-order valence-corrected chi connectivity index (χ4v) is 3.82. The molecule has 2 aromatic heterocycles. The first kappa shape index (κ1) is 18.4. The Balaban J connectivity index is 1.64. The largest absolute Gasteiger partial charge is 0.489 e. The molecule has 0 radical (unpaired) electrons. The summed E-state index contributed by atoms with van der Waals surface area (Å²) in [6, 6.07) is 6.76. The Labute approximate surface area is 156 Å². The number of nitrogens with one attached hydrogen (secondary N) is 1. The molecule has 0 bridgehead atoms. The molecule has 138 valence electrons. The van der Waals surface area contributed by atoms with Crippen LogP contribution in [0, 0.1) is 5.92 Å². The number of ether oxygens (including phenoxy) is 2. The van der Waals surface area contributed by atoms with Gasteiger partial charge in [0.1, 0.15) is 4.88 Å². The molecule has 0 aliphatic heterocycles. The van der Waals surface area contributed by atoms with E-state index < -0.39 is 5.97 Å². The normalized spacial score (nSPS) is 14.7. The van der Waals surface area contributed by atoms with Crippen LogP contribution in [-0.4, -0.2) is 30.6 Å². The summed E-state index contributed by atoms with van der Waals surface area (Å²) in [7, 11) is 1.31. The number of esters is 1. The first-order valence-corrected chi connectivity index (χ1v) is 9.56. The van der Waals surface area contributed by atoms with Crippen molar-refractivity contribution >= 4 is 29.0 Å². The molecule has 0 aromatic carbocycles. The first-order chi connectivity index (χ1) is 12.7. The highest BCUT2D eigenvalue weighted by Gasteiger charge is 2.18. The lowest BCUT2D eigenvalue weighted by Gasteiger charge is -2.22. The molecule has 1 aliphatic rings. The molecule has 26 heavy (non-hydrogen) atoms. The van der Waals surface area contributed by atoms with Crippen LogP contribution in [0.1, 0.15) is 51.4 Å². The molecule has 1 aliphatic carbocycles. The van der Waals surface area contributed by atoms with E-state index in [-0.39, 0.29) is 5.91 Å². The molecule has 1 amide bonds. The van der Waals surface area contributed by atoms with Crippen LogP contribution in [0.5, 0.6) is 5.75 Å². The zero-order valence-electron chi connectivity index (χ0n) is 14.7. The molecule has 0 spiro atoms. The second-order valence-electron chi connectivity index (χ2n) is 6.27. The van der Waals surface area contributed by atoms with E-state index in [1.165, 1.54) is 39.2 Å². The summed E-state index contributed by atoms with van der Waals surface area (Å²) in [6.07, 6.45) is 7.80. The van der Waals surface area contributed by atoms with E-state index in [9.17, 15) is 9.59 Å². The van der Waals surface area contributed by atoms with Gasteiger partial charge in [0.05, 0.1) is 18.6 Å². The number of methoxy groups -OCH3 is 1. The Kier molecular flexibility index (Phi) is 6.22. The van der Waals surface area contributed by atoms with E-state index in [1.807, 2.05) is 0 Å². The van der Waals surface area contributed by atoms with Crippen LogP contribution in [0.3, 0.4) is 0 Å². The van der Waals surface area contributed by atoms with Crippen molar-refractivity contribution in [2.24, 2.45) is 5.92 Å². The third-order valence-electron chi connectivity index (χ3n) is 4.42. The van der Waals surface area contributed by atoms with Crippen molar-refractivity contribution in [3.8, 4) is 5.75 Å². The summed E-state index contributed by atoms with van der Waals surface area (Å²) in [4.78, 5) is 29.0. The standard InChI is InChI=1S/C19H22N2O4S/c1-24-19(23)16-10-9-15(26-16)18(22)21-17-14(8-5-11-20-17)25-12-13-6-3-2-4-7-13/h5,8-11,13H,2-4,6-7,12H2,1H3,(H,20,21,22). The minimum atomic E-state index is -0.455. The van der Waals surface area contributed by atoms with Gasteiger partial charge in [0.2, 0.25) is 0 Å². The SMILES string of the molecule is COC(=O)c1ccc(C(=O)Nc2ncccc2OCC2CCCCC2)s1. The molecular formula is C19H22N2O4S. The number of rotatable bonds is 6. The first-order valence-electron chi connectivity index (χ1n) is 8.74. The molecule has 1 saturated carbocycles. The summed E-state index contributed by atoms with van der Waals surface area (Å²) in [5.74, 6) is 0.736. The number of hydrogen-bond acceptors (Lipinski definition) is 6. The predicted molar refractivity (Wildman–Crippen MR) is 99.9 cm³/mol. The van der Waals surface area contributed by atoms with Crippen molar-refractivity contribution in [2.45, 2.75) is 32.1 Å². The maximum atomic E-state index is 12.4. The van der Waals surface area contributed by atoms with E-state index in [0.717, 1.165) is 11.3 Å². The molecule has 0 atom stereocenters. The summed E-state index contributed by atoms with van der Waals surface area (Å²) in [5.41, 5.74) is 0. The molecule has 6 nitrogen and oxygen atoms in total. The van der Waals surface area contributed by atoms with Gasteiger partial charge in [-0.05, 0) is 43.0 Å². The van der Waals surface area contributed by atoms with E-state index in [2.05, 4.69) is 15.0 Å². The fraction of sp³-hybridized carbons (Fsp3) is 0.421. The van der Waals surface area contributed by atoms with Gasteiger partial charge in [-0.2, -0.15) is 0 Å². The van der Waals surface area contributed by atoms with Crippen molar-refractivity contribution in [3.63, 3.8) is 0 Å². The molecule has 1 N–H and O–H groups in total. The smallest absolute Gasteiger partial charge is 0.348 e. The Morgan fingerprint density at radius 3 is 2.73 bits per heavy atom. The number of carbonyl (C=O) groups is 2. The summed E-state index contributed by atoms with van der Waals surface area (Å²) >= 11 is 1.08. The number of anilines is 1. The van der Waals surface area contributed by atoms with Gasteiger partial charge in [0.25, 0.3) is 5.91 Å². The van der Waals surface area contributed by atoms with Gasteiger partial charge in [-0.25, -0.2) is 9.78 Å². The predicted octanol–water partition coefficient (Wildman–Crippen LogP) is 4.14. The highest BCUT2D eigenvalue weighted by atomic mass is 32.1. The molecule has 2 aromatic rings. The van der Waals surface area contributed by atoms with Crippen LogP contribution in [0.15, 0.2) is 30.5 Å². The lowest BCUT2D eigenvalue weighted by Crippen LogP contribution is -2.17. The van der Waals surface area contributed by atoms with E-state index in [4.69, 9.17) is 4.74 Å². The molecule has 1 fully saturated rings. The van der Waals surface area contributed by atoms with E-state index in [0.29, 0.717) is 33.8 Å². The van der Waals surface area contributed by atoms with Crippen LogP contribution < -0.4 is 10.1 Å². The quantitative estimate of drug-likeness (QED) is 0.769. The third kappa shape index (κ3) is 4.60. The van der Waals surface area contributed by atoms with Gasteiger partial charge in [0.15, 0.2) is 11.6 Å². The Morgan fingerprint density at radius 2 is 1.96 bits per heavy atom. The lowest BCUT2D eigenvalue weighted by atomic mass is 9.90. The third-order valence-corrected chi connectivity index (χ3v) is 5.48. The lowest BCUT2D eigenvalue weighted by molar-refractivity contribution is 0.0606. The second kappa shape index (κ2) is 8.80. The number of amides is 1. The maximum Gasteiger partial charge on any atom is 0.348 e. The number of aromatic nitrogens is 1. The highest BCUT2D eigenvalue weighted by molar-refractivity contribution is 7.16. The van der Waals surface area contributed by atoms with E-state index >= 15 is 0 Å². The van der Waals surface area contributed by atoms with Gasteiger partial charge in [-0.15, -0.1) is 11.3 Å². The van der Waals surface area contributed by atoms with Crippen LogP contribution in [0.2, 0.25) is 0 Å². The van der Waals surface area contributed by atoms with Crippen LogP contribution in [0.4, 0.5) is 5.82 Å². The summed E-state index contributed by atoms with van der Waals surface area (Å²) < 4.78 is 10.6. The van der Waals surface area contributed by atoms with Gasteiger partial charge in [-0.3, -0.25) is 4.79 Å². The fourth-order valence-electron chi connectivity index (χ4n) is 3.00. The molecular weight excluding hydrogens is 352 g/mol. The molecule has 0 unspecified atom stereocenters. The van der Waals surface area contributed by atoms with Crippen molar-refractivity contribution in [3.05, 3.63) is 40.2 Å². The number of nitrogens with zero attached hydrogens (tertiary/aromatic N) is 1. The number of carbonyl (C=O) groups excluding carboxylic acids is 2. The number of pyridine rings is 1. The van der Waals surface area contributed by atoms with Crippen molar-refractivity contribution in [2.75, 3.05) is 19.0 Å². The van der Waals surface area contributed by atoms with Crippen LogP contribution >= 0.6 is 11.3 Å². The van der Waals surface area contributed by atoms with Crippen molar-refractivity contribution < 1.29 is 19.1 Å². The van der Waals surface area contributed by atoms with E-state index in [1.54, 1.807) is 30.5 Å². The van der Waals surface area contributed by atoms with Gasteiger partial charge in [-0.1, -0.05) is 19.3 Å².